The van der Waals surface area contributed by atoms with Gasteiger partial charge >= 0.3 is 0 Å². The lowest BCUT2D eigenvalue weighted by Crippen LogP contribution is -2.44. The van der Waals surface area contributed by atoms with Crippen LogP contribution in [-0.2, 0) is 0 Å². The first-order valence-electron chi connectivity index (χ1n) is 10.3. The quantitative estimate of drug-likeness (QED) is 0.608. The van der Waals surface area contributed by atoms with Crippen molar-refractivity contribution in [2.45, 2.75) is 52.6 Å². The third-order valence-corrected chi connectivity index (χ3v) is 5.79. The molecule has 7 nitrogen and oxygen atoms in total. The predicted molar refractivity (Wildman–Crippen MR) is 128 cm³/mol. The standard InChI is InChI=1S/C22H29N5O2.2ClH/c1-13(2)27-21-19(12-24-27)18(22(28)26-8-6-16(23-5)7-9-26)11-20(25-21)17-10-14(3)29-15(17)4;;/h10-13,16,23H,6-9H2,1-5H3;2*1H. The van der Waals surface area contributed by atoms with Crippen molar-refractivity contribution < 1.29 is 9.21 Å². The summed E-state index contributed by atoms with van der Waals surface area (Å²) in [6.07, 6.45) is 3.70. The molecule has 0 radical (unpaired) electrons. The second-order valence-electron chi connectivity index (χ2n) is 8.16. The molecule has 31 heavy (non-hydrogen) atoms. The number of likely N-dealkylation sites (tertiary alicyclic amines) is 1. The topological polar surface area (TPSA) is 76.2 Å². The normalized spacial score (nSPS) is 14.6. The van der Waals surface area contributed by atoms with Crippen molar-refractivity contribution in [1.29, 1.82) is 0 Å². The second-order valence-corrected chi connectivity index (χ2v) is 8.16. The van der Waals surface area contributed by atoms with E-state index in [-0.39, 0.29) is 36.8 Å². The monoisotopic (exact) mass is 467 g/mol. The van der Waals surface area contributed by atoms with Gasteiger partial charge in [0.2, 0.25) is 0 Å². The molecular weight excluding hydrogens is 437 g/mol. The van der Waals surface area contributed by atoms with E-state index < -0.39 is 0 Å². The first-order chi connectivity index (χ1) is 13.9. The molecule has 0 saturated carbocycles. The van der Waals surface area contributed by atoms with Crippen LogP contribution in [0.15, 0.2) is 22.7 Å². The van der Waals surface area contributed by atoms with E-state index in [1.54, 1.807) is 6.20 Å². The summed E-state index contributed by atoms with van der Waals surface area (Å²) >= 11 is 0. The third-order valence-electron chi connectivity index (χ3n) is 5.79. The number of nitrogens with zero attached hydrogens (tertiary/aromatic N) is 4. The highest BCUT2D eigenvalue weighted by Gasteiger charge is 2.26. The van der Waals surface area contributed by atoms with Crippen molar-refractivity contribution in [2.24, 2.45) is 0 Å². The largest absolute Gasteiger partial charge is 0.466 e. The van der Waals surface area contributed by atoms with Crippen LogP contribution in [-0.4, -0.2) is 51.8 Å². The minimum absolute atomic E-state index is 0. The fraction of sp³-hybridized carbons (Fsp3) is 0.500. The molecule has 1 amide bonds. The molecular formula is C22H31Cl2N5O2. The molecule has 0 unspecified atom stereocenters. The highest BCUT2D eigenvalue weighted by molar-refractivity contribution is 6.06. The van der Waals surface area contributed by atoms with Crippen molar-refractivity contribution in [3.63, 3.8) is 0 Å². The molecule has 0 aromatic carbocycles. The smallest absolute Gasteiger partial charge is 0.254 e. The Bertz CT molecular complexity index is 1050. The summed E-state index contributed by atoms with van der Waals surface area (Å²) < 4.78 is 7.60. The van der Waals surface area contributed by atoms with Gasteiger partial charge in [-0.15, -0.1) is 24.8 Å². The first kappa shape index (κ1) is 25.2. The SMILES string of the molecule is CNC1CCN(C(=O)c2cc(-c3cc(C)oc3C)nc3c2cnn3C(C)C)CC1.Cl.Cl. The van der Waals surface area contributed by atoms with Crippen LogP contribution in [0.4, 0.5) is 0 Å². The number of aryl methyl sites for hydroxylation is 2. The number of rotatable bonds is 4. The Kier molecular flexibility index (Phi) is 8.14. The fourth-order valence-corrected chi connectivity index (χ4v) is 4.14. The Morgan fingerprint density at radius 3 is 2.42 bits per heavy atom. The van der Waals surface area contributed by atoms with Gasteiger partial charge in [-0.3, -0.25) is 4.79 Å². The summed E-state index contributed by atoms with van der Waals surface area (Å²) in [6, 6.07) is 4.51. The van der Waals surface area contributed by atoms with Crippen LogP contribution in [0.3, 0.4) is 0 Å². The molecule has 0 bridgehead atoms. The van der Waals surface area contributed by atoms with Gasteiger partial charge in [0.25, 0.3) is 5.91 Å². The second kappa shape index (κ2) is 10.0. The Morgan fingerprint density at radius 2 is 1.87 bits per heavy atom. The van der Waals surface area contributed by atoms with Gasteiger partial charge < -0.3 is 14.6 Å². The number of hydrogen-bond acceptors (Lipinski definition) is 5. The van der Waals surface area contributed by atoms with E-state index in [2.05, 4.69) is 24.3 Å². The van der Waals surface area contributed by atoms with Crippen LogP contribution in [0.2, 0.25) is 0 Å². The zero-order valence-electron chi connectivity index (χ0n) is 18.6. The Labute approximate surface area is 195 Å². The number of hydrogen-bond donors (Lipinski definition) is 1. The van der Waals surface area contributed by atoms with Gasteiger partial charge in [0.05, 0.1) is 22.8 Å². The summed E-state index contributed by atoms with van der Waals surface area (Å²) in [6.45, 7) is 9.50. The van der Waals surface area contributed by atoms with E-state index in [1.165, 1.54) is 0 Å². The van der Waals surface area contributed by atoms with Gasteiger partial charge in [0.1, 0.15) is 11.5 Å². The van der Waals surface area contributed by atoms with E-state index in [1.807, 2.05) is 42.6 Å². The van der Waals surface area contributed by atoms with E-state index in [9.17, 15) is 4.79 Å². The molecule has 0 spiro atoms. The van der Waals surface area contributed by atoms with Gasteiger partial charge in [-0.1, -0.05) is 0 Å². The molecule has 1 aliphatic heterocycles. The minimum atomic E-state index is 0. The van der Waals surface area contributed by atoms with Crippen molar-refractivity contribution in [2.75, 3.05) is 20.1 Å². The third kappa shape index (κ3) is 4.73. The lowest BCUT2D eigenvalue weighted by atomic mass is 10.0. The first-order valence-corrected chi connectivity index (χ1v) is 10.3. The minimum Gasteiger partial charge on any atom is -0.466 e. The number of nitrogens with one attached hydrogen (secondary N) is 1. The average molecular weight is 468 g/mol. The van der Waals surface area contributed by atoms with Crippen LogP contribution in [0.25, 0.3) is 22.3 Å². The summed E-state index contributed by atoms with van der Waals surface area (Å²) in [4.78, 5) is 20.3. The molecule has 0 atom stereocenters. The van der Waals surface area contributed by atoms with Crippen LogP contribution < -0.4 is 5.32 Å². The highest BCUT2D eigenvalue weighted by atomic mass is 35.5. The van der Waals surface area contributed by atoms with Crippen LogP contribution >= 0.6 is 24.8 Å². The Balaban J connectivity index is 0.00000171. The van der Waals surface area contributed by atoms with E-state index in [0.29, 0.717) is 11.6 Å². The molecule has 4 rings (SSSR count). The molecule has 3 aromatic rings. The summed E-state index contributed by atoms with van der Waals surface area (Å²) in [5.41, 5.74) is 3.08. The molecule has 4 heterocycles. The summed E-state index contributed by atoms with van der Waals surface area (Å²) in [5.74, 6) is 1.69. The van der Waals surface area contributed by atoms with Crippen LogP contribution in [0.1, 0.15) is 54.6 Å². The number of aromatic nitrogens is 3. The van der Waals surface area contributed by atoms with Gasteiger partial charge in [0.15, 0.2) is 5.65 Å². The number of carbonyl (C=O) groups is 1. The van der Waals surface area contributed by atoms with Crippen molar-refractivity contribution in [3.8, 4) is 11.3 Å². The Hall–Kier alpha value is -2.09. The van der Waals surface area contributed by atoms with E-state index in [4.69, 9.17) is 9.40 Å². The lowest BCUT2D eigenvalue weighted by Gasteiger charge is -2.32. The van der Waals surface area contributed by atoms with Gasteiger partial charge in [-0.2, -0.15) is 5.10 Å². The number of fused-ring (bicyclic) bond motifs is 1. The number of amides is 1. The Morgan fingerprint density at radius 1 is 1.19 bits per heavy atom. The number of carbonyl (C=O) groups excluding carboxylic acids is 1. The molecule has 9 heteroatoms. The number of piperidine rings is 1. The molecule has 0 aliphatic carbocycles. The average Bonchev–Trinajstić information content (AvgIpc) is 3.29. The molecule has 1 fully saturated rings. The maximum absolute atomic E-state index is 13.5. The van der Waals surface area contributed by atoms with E-state index >= 15 is 0 Å². The summed E-state index contributed by atoms with van der Waals surface area (Å²) in [7, 11) is 1.98. The van der Waals surface area contributed by atoms with Crippen molar-refractivity contribution in [1.82, 2.24) is 25.0 Å². The van der Waals surface area contributed by atoms with Gasteiger partial charge in [0, 0.05) is 30.7 Å². The summed E-state index contributed by atoms with van der Waals surface area (Å²) in [5, 5.41) is 8.64. The van der Waals surface area contributed by atoms with Crippen molar-refractivity contribution in [3.05, 3.63) is 35.4 Å². The van der Waals surface area contributed by atoms with Crippen LogP contribution in [0, 0.1) is 13.8 Å². The maximum Gasteiger partial charge on any atom is 0.254 e. The molecule has 3 aromatic heterocycles. The molecule has 1 aliphatic rings. The molecule has 1 saturated heterocycles. The van der Waals surface area contributed by atoms with Crippen LogP contribution in [0.5, 0.6) is 0 Å². The zero-order valence-corrected chi connectivity index (χ0v) is 20.3. The number of pyridine rings is 1. The van der Waals surface area contributed by atoms with Crippen molar-refractivity contribution >= 4 is 41.8 Å². The highest BCUT2D eigenvalue weighted by Crippen LogP contribution is 2.31. The molecule has 1 N–H and O–H groups in total. The fourth-order valence-electron chi connectivity index (χ4n) is 4.14. The predicted octanol–water partition coefficient (Wildman–Crippen LogP) is 4.56. The van der Waals surface area contributed by atoms with Gasteiger partial charge in [-0.05, 0) is 59.7 Å². The lowest BCUT2D eigenvalue weighted by molar-refractivity contribution is 0.0709. The van der Waals surface area contributed by atoms with Gasteiger partial charge in [-0.25, -0.2) is 9.67 Å². The molecule has 170 valence electrons. The number of halogens is 2. The number of furan rings is 1. The van der Waals surface area contributed by atoms with E-state index in [0.717, 1.165) is 59.7 Å². The maximum atomic E-state index is 13.5. The zero-order chi connectivity index (χ0) is 20.7.